The van der Waals surface area contributed by atoms with Gasteiger partial charge in [-0.2, -0.15) is 5.10 Å². The molecule has 6 nitrogen and oxygen atoms in total. The first-order chi connectivity index (χ1) is 8.79. The zero-order valence-electron chi connectivity index (χ0n) is 10.3. The molecule has 1 atom stereocenters. The van der Waals surface area contributed by atoms with E-state index in [0.717, 1.165) is 12.2 Å². The summed E-state index contributed by atoms with van der Waals surface area (Å²) in [6, 6.07) is 1.79. The lowest BCUT2D eigenvalue weighted by atomic mass is 10.2. The Labute approximate surface area is 105 Å². The van der Waals surface area contributed by atoms with Crippen LogP contribution in [0.3, 0.4) is 0 Å². The van der Waals surface area contributed by atoms with E-state index >= 15 is 0 Å². The number of nitrogens with zero attached hydrogens (tertiary/aromatic N) is 3. The topological polar surface area (TPSA) is 75.6 Å². The fourth-order valence-electron chi connectivity index (χ4n) is 1.75. The molecular weight excluding hydrogens is 230 g/mol. The Morgan fingerprint density at radius 1 is 1.56 bits per heavy atom. The Kier molecular flexibility index (Phi) is 4.11. The highest BCUT2D eigenvalue weighted by Crippen LogP contribution is 2.11. The molecule has 2 heterocycles. The molecule has 0 bridgehead atoms. The van der Waals surface area contributed by atoms with Crippen molar-refractivity contribution in [2.45, 2.75) is 32.4 Å². The maximum Gasteiger partial charge on any atom is 0.222 e. The van der Waals surface area contributed by atoms with Crippen molar-refractivity contribution in [3.8, 4) is 0 Å². The Morgan fingerprint density at radius 3 is 3.06 bits per heavy atom. The monoisotopic (exact) mass is 247 g/mol. The second-order valence-corrected chi connectivity index (χ2v) is 4.02. The molecule has 0 radical (unpaired) electrons. The summed E-state index contributed by atoms with van der Waals surface area (Å²) in [6.45, 7) is 2.61. The maximum atomic E-state index is 11.8. The summed E-state index contributed by atoms with van der Waals surface area (Å²) in [6.07, 6.45) is 8.22. The summed E-state index contributed by atoms with van der Waals surface area (Å²) < 4.78 is 1.74. The van der Waals surface area contributed by atoms with Gasteiger partial charge in [-0.05, 0) is 12.5 Å². The molecule has 2 aromatic heterocycles. The van der Waals surface area contributed by atoms with Gasteiger partial charge in [0.05, 0.1) is 6.04 Å². The van der Waals surface area contributed by atoms with Crippen LogP contribution in [0.4, 0.5) is 0 Å². The zero-order chi connectivity index (χ0) is 12.8. The molecule has 1 amide bonds. The maximum absolute atomic E-state index is 11.8. The average Bonchev–Trinajstić information content (AvgIpc) is 3.05. The molecule has 2 rings (SSSR count). The second kappa shape index (κ2) is 6.00. The number of hydrogen-bond donors (Lipinski definition) is 2. The minimum atomic E-state index is -0.0508. The summed E-state index contributed by atoms with van der Waals surface area (Å²) in [5, 5.41) is 7.01. The molecule has 2 N–H and O–H groups in total. The van der Waals surface area contributed by atoms with Crippen molar-refractivity contribution < 1.29 is 4.79 Å². The van der Waals surface area contributed by atoms with Crippen molar-refractivity contribution in [3.05, 3.63) is 36.7 Å². The van der Waals surface area contributed by atoms with Gasteiger partial charge in [0.15, 0.2) is 0 Å². The smallest absolute Gasteiger partial charge is 0.222 e. The number of nitrogens with one attached hydrogen (secondary N) is 2. The minimum Gasteiger partial charge on any atom is -0.347 e. The first-order valence-corrected chi connectivity index (χ1v) is 6.05. The first-order valence-electron chi connectivity index (χ1n) is 6.05. The summed E-state index contributed by atoms with van der Waals surface area (Å²) >= 11 is 0. The minimum absolute atomic E-state index is 0.00810. The van der Waals surface area contributed by atoms with E-state index in [1.54, 1.807) is 23.3 Å². The van der Waals surface area contributed by atoms with Crippen molar-refractivity contribution >= 4 is 5.91 Å². The molecule has 6 heteroatoms. The normalized spacial score (nSPS) is 12.3. The SMILES string of the molecule is CCC(NC(=O)CCn1cccn1)c1ncc[nH]1. The standard InChI is InChI=1S/C12H17N5O/c1-2-10(12-13-6-7-14-12)16-11(18)4-9-17-8-3-5-15-17/h3,5-8,10H,2,4,9H2,1H3,(H,13,14)(H,16,18). The van der Waals surface area contributed by atoms with Crippen LogP contribution in [0.5, 0.6) is 0 Å². The predicted molar refractivity (Wildman–Crippen MR) is 66.6 cm³/mol. The van der Waals surface area contributed by atoms with Gasteiger partial charge in [-0.15, -0.1) is 0 Å². The van der Waals surface area contributed by atoms with Crippen LogP contribution in [-0.2, 0) is 11.3 Å². The number of amides is 1. The molecule has 2 aromatic rings. The lowest BCUT2D eigenvalue weighted by molar-refractivity contribution is -0.122. The van der Waals surface area contributed by atoms with Crippen molar-refractivity contribution in [2.75, 3.05) is 0 Å². The molecule has 0 aliphatic rings. The van der Waals surface area contributed by atoms with Crippen LogP contribution in [0.25, 0.3) is 0 Å². The van der Waals surface area contributed by atoms with E-state index in [0.29, 0.717) is 13.0 Å². The fraction of sp³-hybridized carbons (Fsp3) is 0.417. The summed E-state index contributed by atoms with van der Waals surface area (Å²) in [7, 11) is 0. The summed E-state index contributed by atoms with van der Waals surface area (Å²) in [4.78, 5) is 19.0. The van der Waals surface area contributed by atoms with Gasteiger partial charge in [0.25, 0.3) is 0 Å². The first kappa shape index (κ1) is 12.3. The van der Waals surface area contributed by atoms with Crippen LogP contribution in [0, 0.1) is 0 Å². The van der Waals surface area contributed by atoms with Gasteiger partial charge in [0, 0.05) is 37.8 Å². The van der Waals surface area contributed by atoms with Crippen molar-refractivity contribution in [3.63, 3.8) is 0 Å². The van der Waals surface area contributed by atoms with Gasteiger partial charge in [0.2, 0.25) is 5.91 Å². The van der Waals surface area contributed by atoms with Crippen molar-refractivity contribution in [2.24, 2.45) is 0 Å². The van der Waals surface area contributed by atoms with E-state index in [4.69, 9.17) is 0 Å². The number of rotatable bonds is 6. The van der Waals surface area contributed by atoms with E-state index in [2.05, 4.69) is 20.4 Å². The summed E-state index contributed by atoms with van der Waals surface area (Å²) in [5.41, 5.74) is 0. The fourth-order valence-corrected chi connectivity index (χ4v) is 1.75. The number of imidazole rings is 1. The van der Waals surface area contributed by atoms with Gasteiger partial charge >= 0.3 is 0 Å². The zero-order valence-corrected chi connectivity index (χ0v) is 10.3. The van der Waals surface area contributed by atoms with E-state index in [1.165, 1.54) is 0 Å². The second-order valence-electron chi connectivity index (χ2n) is 4.02. The molecule has 0 aromatic carbocycles. The largest absolute Gasteiger partial charge is 0.347 e. The van der Waals surface area contributed by atoms with E-state index < -0.39 is 0 Å². The highest BCUT2D eigenvalue weighted by molar-refractivity contribution is 5.76. The average molecular weight is 247 g/mol. The van der Waals surface area contributed by atoms with Gasteiger partial charge < -0.3 is 10.3 Å². The van der Waals surface area contributed by atoms with Crippen LogP contribution >= 0.6 is 0 Å². The number of hydrogen-bond acceptors (Lipinski definition) is 3. The van der Waals surface area contributed by atoms with Crippen molar-refractivity contribution in [1.82, 2.24) is 25.1 Å². The van der Waals surface area contributed by atoms with Gasteiger partial charge in [-0.25, -0.2) is 4.98 Å². The third kappa shape index (κ3) is 3.19. The Bertz CT molecular complexity index is 463. The highest BCUT2D eigenvalue weighted by Gasteiger charge is 2.14. The highest BCUT2D eigenvalue weighted by atomic mass is 16.1. The third-order valence-electron chi connectivity index (χ3n) is 2.72. The number of aromatic amines is 1. The molecule has 0 saturated carbocycles. The Balaban J connectivity index is 1.82. The van der Waals surface area contributed by atoms with Gasteiger partial charge in [-0.3, -0.25) is 9.48 Å². The number of carbonyl (C=O) groups is 1. The number of aryl methyl sites for hydroxylation is 1. The molecule has 18 heavy (non-hydrogen) atoms. The summed E-state index contributed by atoms with van der Waals surface area (Å²) in [5.74, 6) is 0.804. The molecule has 1 unspecified atom stereocenters. The molecular formula is C12H17N5O. The van der Waals surface area contributed by atoms with Crippen LogP contribution in [0.2, 0.25) is 0 Å². The molecule has 0 spiro atoms. The van der Waals surface area contributed by atoms with Crippen LogP contribution < -0.4 is 5.32 Å². The number of aromatic nitrogens is 4. The lowest BCUT2D eigenvalue weighted by Gasteiger charge is -2.14. The predicted octanol–water partition coefficient (Wildman–Crippen LogP) is 1.26. The van der Waals surface area contributed by atoms with Crippen LogP contribution in [-0.4, -0.2) is 25.7 Å². The number of carbonyl (C=O) groups excluding carboxylic acids is 1. The molecule has 0 aliphatic heterocycles. The van der Waals surface area contributed by atoms with E-state index in [-0.39, 0.29) is 11.9 Å². The number of H-pyrrole nitrogens is 1. The quantitative estimate of drug-likeness (QED) is 0.807. The van der Waals surface area contributed by atoms with Gasteiger partial charge in [0.1, 0.15) is 5.82 Å². The van der Waals surface area contributed by atoms with Crippen LogP contribution in [0.15, 0.2) is 30.9 Å². The van der Waals surface area contributed by atoms with Crippen molar-refractivity contribution in [1.29, 1.82) is 0 Å². The third-order valence-corrected chi connectivity index (χ3v) is 2.72. The molecule has 0 saturated heterocycles. The molecule has 0 fully saturated rings. The molecule has 0 aliphatic carbocycles. The molecule has 96 valence electrons. The Hall–Kier alpha value is -2.11. The Morgan fingerprint density at radius 2 is 2.44 bits per heavy atom. The van der Waals surface area contributed by atoms with E-state index in [1.807, 2.05) is 19.2 Å². The van der Waals surface area contributed by atoms with Crippen LogP contribution in [0.1, 0.15) is 31.6 Å². The lowest BCUT2D eigenvalue weighted by Crippen LogP contribution is -2.29. The van der Waals surface area contributed by atoms with E-state index in [9.17, 15) is 4.79 Å². The van der Waals surface area contributed by atoms with Gasteiger partial charge in [-0.1, -0.05) is 6.92 Å².